The second-order valence-electron chi connectivity index (χ2n) is 3.33. The summed E-state index contributed by atoms with van der Waals surface area (Å²) in [6.07, 6.45) is 1.89. The van der Waals surface area contributed by atoms with Gasteiger partial charge in [0.25, 0.3) is 0 Å². The predicted molar refractivity (Wildman–Crippen MR) is 55.0 cm³/mol. The van der Waals surface area contributed by atoms with Crippen LogP contribution in [0.3, 0.4) is 0 Å². The topological polar surface area (TPSA) is 28.2 Å². The molecule has 1 aromatic heterocycles. The van der Waals surface area contributed by atoms with Gasteiger partial charge in [0.1, 0.15) is 5.01 Å². The average Bonchev–Trinajstić information content (AvgIpc) is 2.71. The van der Waals surface area contributed by atoms with E-state index in [9.17, 15) is 0 Å². The van der Waals surface area contributed by atoms with Crippen molar-refractivity contribution in [1.29, 1.82) is 0 Å². The van der Waals surface area contributed by atoms with E-state index in [4.69, 9.17) is 0 Å². The van der Waals surface area contributed by atoms with Crippen LogP contribution in [0, 0.1) is 0 Å². The van der Waals surface area contributed by atoms with Crippen LogP contribution in [0.25, 0.3) is 0 Å². The largest absolute Gasteiger partial charge is 0.314 e. The summed E-state index contributed by atoms with van der Waals surface area (Å²) in [5.74, 6) is 0. The van der Waals surface area contributed by atoms with E-state index in [0.29, 0.717) is 6.04 Å². The second-order valence-corrected chi connectivity index (χ2v) is 4.26. The second kappa shape index (κ2) is 4.17. The highest BCUT2D eigenvalue weighted by molar-refractivity contribution is 7.09. The highest BCUT2D eigenvalue weighted by Crippen LogP contribution is 2.21. The maximum atomic E-state index is 4.35. The molecule has 1 aliphatic heterocycles. The Morgan fingerprint density at radius 2 is 2.31 bits per heavy atom. The Balaban J connectivity index is 1.99. The Morgan fingerprint density at radius 3 is 2.92 bits per heavy atom. The van der Waals surface area contributed by atoms with E-state index in [1.54, 1.807) is 11.3 Å². The van der Waals surface area contributed by atoms with E-state index in [-0.39, 0.29) is 0 Å². The van der Waals surface area contributed by atoms with Crippen LogP contribution in [0.5, 0.6) is 0 Å². The molecule has 72 valence electrons. The molecule has 0 saturated carbocycles. The van der Waals surface area contributed by atoms with E-state index in [1.807, 2.05) is 11.6 Å². The SMILES string of the molecule is C[C@@H](c1nccs1)N1CCNCC1. The van der Waals surface area contributed by atoms with Gasteiger partial charge >= 0.3 is 0 Å². The van der Waals surface area contributed by atoms with Crippen LogP contribution >= 0.6 is 11.3 Å². The molecule has 2 rings (SSSR count). The zero-order valence-corrected chi connectivity index (χ0v) is 8.68. The standard InChI is InChI=1S/C9H15N3S/c1-8(9-11-4-7-13-9)12-5-2-10-3-6-12/h4,7-8,10H,2-3,5-6H2,1H3/t8-/m0/s1. The van der Waals surface area contributed by atoms with Crippen molar-refractivity contribution in [1.82, 2.24) is 15.2 Å². The summed E-state index contributed by atoms with van der Waals surface area (Å²) in [4.78, 5) is 6.83. The Bertz CT molecular complexity index is 241. The van der Waals surface area contributed by atoms with Crippen LogP contribution < -0.4 is 5.32 Å². The monoisotopic (exact) mass is 197 g/mol. The number of rotatable bonds is 2. The third-order valence-electron chi connectivity index (χ3n) is 2.51. The lowest BCUT2D eigenvalue weighted by Gasteiger charge is -2.31. The summed E-state index contributed by atoms with van der Waals surface area (Å²) < 4.78 is 0. The highest BCUT2D eigenvalue weighted by Gasteiger charge is 2.19. The fourth-order valence-electron chi connectivity index (χ4n) is 1.67. The minimum Gasteiger partial charge on any atom is -0.314 e. The predicted octanol–water partition coefficient (Wildman–Crippen LogP) is 1.11. The van der Waals surface area contributed by atoms with Crippen molar-refractivity contribution in [2.45, 2.75) is 13.0 Å². The quantitative estimate of drug-likeness (QED) is 0.770. The normalized spacial score (nSPS) is 21.6. The fraction of sp³-hybridized carbons (Fsp3) is 0.667. The maximum absolute atomic E-state index is 4.35. The number of hydrogen-bond acceptors (Lipinski definition) is 4. The van der Waals surface area contributed by atoms with Crippen molar-refractivity contribution in [2.24, 2.45) is 0 Å². The third-order valence-corrected chi connectivity index (χ3v) is 3.45. The number of hydrogen-bond donors (Lipinski definition) is 1. The first-order chi connectivity index (χ1) is 6.38. The molecule has 0 aromatic carbocycles. The summed E-state index contributed by atoms with van der Waals surface area (Å²) in [6.45, 7) is 6.73. The average molecular weight is 197 g/mol. The lowest BCUT2D eigenvalue weighted by Crippen LogP contribution is -2.44. The number of piperazine rings is 1. The zero-order chi connectivity index (χ0) is 9.10. The number of thiazole rings is 1. The van der Waals surface area contributed by atoms with Crippen molar-refractivity contribution in [3.8, 4) is 0 Å². The van der Waals surface area contributed by atoms with Gasteiger partial charge in [0.2, 0.25) is 0 Å². The zero-order valence-electron chi connectivity index (χ0n) is 7.86. The lowest BCUT2D eigenvalue weighted by molar-refractivity contribution is 0.185. The highest BCUT2D eigenvalue weighted by atomic mass is 32.1. The minimum absolute atomic E-state index is 0.488. The Hall–Kier alpha value is -0.450. The van der Waals surface area contributed by atoms with Gasteiger partial charge in [-0.15, -0.1) is 11.3 Å². The number of nitrogens with zero attached hydrogens (tertiary/aromatic N) is 2. The first kappa shape index (κ1) is 9.12. The molecule has 1 fully saturated rings. The van der Waals surface area contributed by atoms with Gasteiger partial charge in [0.15, 0.2) is 0 Å². The van der Waals surface area contributed by atoms with E-state index in [1.165, 1.54) is 5.01 Å². The van der Waals surface area contributed by atoms with Crippen LogP contribution in [0.15, 0.2) is 11.6 Å². The molecule has 0 bridgehead atoms. The summed E-state index contributed by atoms with van der Waals surface area (Å²) >= 11 is 1.75. The minimum atomic E-state index is 0.488. The van der Waals surface area contributed by atoms with Crippen molar-refractivity contribution < 1.29 is 0 Å². The van der Waals surface area contributed by atoms with Crippen LogP contribution in [-0.4, -0.2) is 36.1 Å². The first-order valence-corrected chi connectivity index (χ1v) is 5.60. The van der Waals surface area contributed by atoms with Crippen molar-refractivity contribution >= 4 is 11.3 Å². The molecule has 4 heteroatoms. The smallest absolute Gasteiger partial charge is 0.109 e. The van der Waals surface area contributed by atoms with Crippen molar-refractivity contribution in [3.05, 3.63) is 16.6 Å². The van der Waals surface area contributed by atoms with Crippen LogP contribution in [0.1, 0.15) is 18.0 Å². The molecule has 1 atom stereocenters. The Morgan fingerprint density at radius 1 is 1.54 bits per heavy atom. The first-order valence-electron chi connectivity index (χ1n) is 4.72. The van der Waals surface area contributed by atoms with Gasteiger partial charge < -0.3 is 5.32 Å². The van der Waals surface area contributed by atoms with Gasteiger partial charge in [-0.05, 0) is 6.92 Å². The molecule has 1 aromatic rings. The summed E-state index contributed by atoms with van der Waals surface area (Å²) in [5, 5.41) is 6.64. The molecule has 1 N–H and O–H groups in total. The van der Waals surface area contributed by atoms with Gasteiger partial charge in [-0.1, -0.05) is 0 Å². The summed E-state index contributed by atoms with van der Waals surface area (Å²) in [7, 11) is 0. The third kappa shape index (κ3) is 2.07. The lowest BCUT2D eigenvalue weighted by atomic mass is 10.2. The van der Waals surface area contributed by atoms with Gasteiger partial charge in [-0.3, -0.25) is 4.90 Å². The van der Waals surface area contributed by atoms with Crippen molar-refractivity contribution in [2.75, 3.05) is 26.2 Å². The van der Waals surface area contributed by atoms with Crippen LogP contribution in [0.4, 0.5) is 0 Å². The number of aromatic nitrogens is 1. The molecule has 3 nitrogen and oxygen atoms in total. The van der Waals surface area contributed by atoms with Crippen LogP contribution in [0.2, 0.25) is 0 Å². The molecule has 0 aliphatic carbocycles. The van der Waals surface area contributed by atoms with Gasteiger partial charge in [-0.2, -0.15) is 0 Å². The molecule has 13 heavy (non-hydrogen) atoms. The molecule has 0 radical (unpaired) electrons. The molecular weight excluding hydrogens is 182 g/mol. The van der Waals surface area contributed by atoms with Gasteiger partial charge in [0.05, 0.1) is 6.04 Å². The molecular formula is C9H15N3S. The van der Waals surface area contributed by atoms with Crippen molar-refractivity contribution in [3.63, 3.8) is 0 Å². The van der Waals surface area contributed by atoms with Gasteiger partial charge in [-0.25, -0.2) is 4.98 Å². The van der Waals surface area contributed by atoms with Gasteiger partial charge in [0, 0.05) is 37.8 Å². The molecule has 1 saturated heterocycles. The molecule has 2 heterocycles. The van der Waals surface area contributed by atoms with E-state index in [2.05, 4.69) is 22.1 Å². The van der Waals surface area contributed by atoms with E-state index < -0.39 is 0 Å². The number of nitrogens with one attached hydrogen (secondary N) is 1. The summed E-state index contributed by atoms with van der Waals surface area (Å²) in [5.41, 5.74) is 0. The van der Waals surface area contributed by atoms with Crippen LogP contribution in [-0.2, 0) is 0 Å². The Kier molecular flexibility index (Phi) is 2.93. The molecule has 0 unspecified atom stereocenters. The van der Waals surface area contributed by atoms with E-state index in [0.717, 1.165) is 26.2 Å². The fourth-order valence-corrected chi connectivity index (χ4v) is 2.40. The van der Waals surface area contributed by atoms with E-state index >= 15 is 0 Å². The molecule has 0 spiro atoms. The maximum Gasteiger partial charge on any atom is 0.109 e. The Labute approximate surface area is 82.8 Å². The molecule has 1 aliphatic rings. The summed E-state index contributed by atoms with van der Waals surface area (Å²) in [6, 6.07) is 0.488. The molecule has 0 amide bonds.